The van der Waals surface area contributed by atoms with Gasteiger partial charge in [0, 0.05) is 18.2 Å². The van der Waals surface area contributed by atoms with Crippen LogP contribution in [0.3, 0.4) is 0 Å². The number of methoxy groups -OCH3 is 2. The van der Waals surface area contributed by atoms with Crippen LogP contribution >= 0.6 is 0 Å². The lowest BCUT2D eigenvalue weighted by molar-refractivity contribution is 0.391. The summed E-state index contributed by atoms with van der Waals surface area (Å²) < 4.78 is 10.7. The molecule has 0 bridgehead atoms. The first-order valence-electron chi connectivity index (χ1n) is 7.15. The molecule has 3 heteroatoms. The molecule has 0 radical (unpaired) electrons. The van der Waals surface area contributed by atoms with Gasteiger partial charge in [0.1, 0.15) is 11.5 Å². The zero-order valence-corrected chi connectivity index (χ0v) is 13.1. The number of hydrogen-bond acceptors (Lipinski definition) is 3. The molecule has 0 saturated heterocycles. The molecule has 0 fully saturated rings. The van der Waals surface area contributed by atoms with Crippen molar-refractivity contribution in [3.8, 4) is 11.5 Å². The Morgan fingerprint density at radius 3 is 2.52 bits per heavy atom. The third-order valence-electron chi connectivity index (χ3n) is 3.60. The molecule has 0 saturated carbocycles. The van der Waals surface area contributed by atoms with Gasteiger partial charge in [0.05, 0.1) is 14.2 Å². The lowest BCUT2D eigenvalue weighted by Crippen LogP contribution is -2.18. The summed E-state index contributed by atoms with van der Waals surface area (Å²) in [5, 5.41) is 3.53. The minimum absolute atomic E-state index is 0.176. The summed E-state index contributed by atoms with van der Waals surface area (Å²) in [5.74, 6) is 1.72. The maximum Gasteiger partial charge on any atom is 0.123 e. The first-order valence-corrected chi connectivity index (χ1v) is 7.15. The molecule has 1 N–H and O–H groups in total. The van der Waals surface area contributed by atoms with Gasteiger partial charge in [-0.05, 0) is 37.6 Å². The van der Waals surface area contributed by atoms with E-state index in [0.717, 1.165) is 23.6 Å². The molecule has 1 atom stereocenters. The number of nitrogens with one attached hydrogen (secondary N) is 1. The Hall–Kier alpha value is -2.00. The predicted octanol–water partition coefficient (Wildman–Crippen LogP) is 3.86. The fourth-order valence-electron chi connectivity index (χ4n) is 2.38. The molecule has 0 aliphatic carbocycles. The molecule has 2 aromatic carbocycles. The summed E-state index contributed by atoms with van der Waals surface area (Å²) in [7, 11) is 3.37. The molecule has 0 aliphatic heterocycles. The fourth-order valence-corrected chi connectivity index (χ4v) is 2.38. The Bertz CT molecular complexity index is 596. The summed E-state index contributed by atoms with van der Waals surface area (Å²) in [4.78, 5) is 0. The van der Waals surface area contributed by atoms with Crippen molar-refractivity contribution in [1.82, 2.24) is 5.32 Å². The molecular weight excluding hydrogens is 262 g/mol. The van der Waals surface area contributed by atoms with E-state index in [2.05, 4.69) is 43.4 Å². The van der Waals surface area contributed by atoms with Gasteiger partial charge in [-0.15, -0.1) is 0 Å². The second-order valence-electron chi connectivity index (χ2n) is 5.20. The summed E-state index contributed by atoms with van der Waals surface area (Å²) in [6.07, 6.45) is 0. The van der Waals surface area contributed by atoms with Gasteiger partial charge in [0.25, 0.3) is 0 Å². The summed E-state index contributed by atoms with van der Waals surface area (Å²) in [6.45, 7) is 5.06. The van der Waals surface area contributed by atoms with Crippen LogP contribution in [0.15, 0.2) is 42.5 Å². The lowest BCUT2D eigenvalue weighted by atomic mass is 10.1. The second-order valence-corrected chi connectivity index (χ2v) is 5.20. The molecule has 0 heterocycles. The molecular formula is C18H23NO2. The zero-order chi connectivity index (χ0) is 15.2. The van der Waals surface area contributed by atoms with Gasteiger partial charge in [0.15, 0.2) is 0 Å². The van der Waals surface area contributed by atoms with Gasteiger partial charge in [-0.1, -0.05) is 29.8 Å². The largest absolute Gasteiger partial charge is 0.497 e. The van der Waals surface area contributed by atoms with E-state index in [4.69, 9.17) is 9.47 Å². The highest BCUT2D eigenvalue weighted by Gasteiger charge is 2.12. The molecule has 2 aromatic rings. The topological polar surface area (TPSA) is 30.5 Å². The quantitative estimate of drug-likeness (QED) is 0.874. The van der Waals surface area contributed by atoms with E-state index in [0.29, 0.717) is 0 Å². The van der Waals surface area contributed by atoms with Gasteiger partial charge in [0.2, 0.25) is 0 Å². The van der Waals surface area contributed by atoms with Crippen molar-refractivity contribution in [3.63, 3.8) is 0 Å². The van der Waals surface area contributed by atoms with E-state index >= 15 is 0 Å². The summed E-state index contributed by atoms with van der Waals surface area (Å²) in [6, 6.07) is 14.6. The average Bonchev–Trinajstić information content (AvgIpc) is 2.52. The number of aryl methyl sites for hydroxylation is 1. The van der Waals surface area contributed by atoms with Crippen molar-refractivity contribution in [3.05, 3.63) is 59.2 Å². The molecule has 0 amide bonds. The second kappa shape index (κ2) is 7.14. The molecule has 3 nitrogen and oxygen atoms in total. The van der Waals surface area contributed by atoms with Crippen molar-refractivity contribution in [2.24, 2.45) is 0 Å². The minimum atomic E-state index is 0.176. The van der Waals surface area contributed by atoms with Crippen molar-refractivity contribution in [2.75, 3.05) is 14.2 Å². The first-order chi connectivity index (χ1) is 10.1. The van der Waals surface area contributed by atoms with Crippen LogP contribution in [-0.2, 0) is 6.54 Å². The van der Waals surface area contributed by atoms with Crippen LogP contribution in [-0.4, -0.2) is 14.2 Å². The Morgan fingerprint density at radius 1 is 1.05 bits per heavy atom. The lowest BCUT2D eigenvalue weighted by Gasteiger charge is -2.18. The highest BCUT2D eigenvalue weighted by Crippen LogP contribution is 2.29. The monoisotopic (exact) mass is 285 g/mol. The molecule has 0 aromatic heterocycles. The first kappa shape index (κ1) is 15.4. The van der Waals surface area contributed by atoms with Crippen molar-refractivity contribution < 1.29 is 9.47 Å². The van der Waals surface area contributed by atoms with E-state index in [1.165, 1.54) is 11.1 Å². The van der Waals surface area contributed by atoms with Crippen LogP contribution in [0.2, 0.25) is 0 Å². The number of ether oxygens (including phenoxy) is 2. The molecule has 2 rings (SSSR count). The van der Waals surface area contributed by atoms with E-state index in [-0.39, 0.29) is 6.04 Å². The van der Waals surface area contributed by atoms with Crippen molar-refractivity contribution in [1.29, 1.82) is 0 Å². The third-order valence-corrected chi connectivity index (χ3v) is 3.60. The SMILES string of the molecule is COc1ccc(OC)c(C(C)NCc2cccc(C)c2)c1. The predicted molar refractivity (Wildman–Crippen MR) is 86.0 cm³/mol. The molecule has 0 spiro atoms. The van der Waals surface area contributed by atoms with Crippen molar-refractivity contribution in [2.45, 2.75) is 26.4 Å². The fraction of sp³-hybridized carbons (Fsp3) is 0.333. The normalized spacial score (nSPS) is 12.0. The van der Waals surface area contributed by atoms with Gasteiger partial charge in [-0.2, -0.15) is 0 Å². The van der Waals surface area contributed by atoms with E-state index < -0.39 is 0 Å². The average molecular weight is 285 g/mol. The van der Waals surface area contributed by atoms with E-state index in [9.17, 15) is 0 Å². The summed E-state index contributed by atoms with van der Waals surface area (Å²) >= 11 is 0. The molecule has 1 unspecified atom stereocenters. The van der Waals surface area contributed by atoms with Gasteiger partial charge < -0.3 is 14.8 Å². The van der Waals surface area contributed by atoms with Crippen LogP contribution in [0.1, 0.15) is 29.7 Å². The van der Waals surface area contributed by atoms with Crippen LogP contribution in [0.4, 0.5) is 0 Å². The van der Waals surface area contributed by atoms with Crippen LogP contribution in [0, 0.1) is 6.92 Å². The number of rotatable bonds is 6. The Morgan fingerprint density at radius 2 is 1.86 bits per heavy atom. The van der Waals surface area contributed by atoms with Gasteiger partial charge >= 0.3 is 0 Å². The smallest absolute Gasteiger partial charge is 0.123 e. The minimum Gasteiger partial charge on any atom is -0.497 e. The van der Waals surface area contributed by atoms with Crippen LogP contribution in [0.5, 0.6) is 11.5 Å². The Labute approximate surface area is 126 Å². The number of hydrogen-bond donors (Lipinski definition) is 1. The highest BCUT2D eigenvalue weighted by atomic mass is 16.5. The number of benzene rings is 2. The zero-order valence-electron chi connectivity index (χ0n) is 13.1. The van der Waals surface area contributed by atoms with Crippen molar-refractivity contribution >= 4 is 0 Å². The van der Waals surface area contributed by atoms with Crippen LogP contribution < -0.4 is 14.8 Å². The molecule has 21 heavy (non-hydrogen) atoms. The Balaban J connectivity index is 2.10. The Kier molecular flexibility index (Phi) is 5.23. The standard InChI is InChI=1S/C18H23NO2/c1-13-6-5-7-15(10-13)12-19-14(2)17-11-16(20-3)8-9-18(17)21-4/h5-11,14,19H,12H2,1-4H3. The van der Waals surface area contributed by atoms with Gasteiger partial charge in [-0.3, -0.25) is 0 Å². The van der Waals surface area contributed by atoms with Crippen LogP contribution in [0.25, 0.3) is 0 Å². The highest BCUT2D eigenvalue weighted by molar-refractivity contribution is 5.42. The third kappa shape index (κ3) is 3.99. The van der Waals surface area contributed by atoms with Gasteiger partial charge in [-0.25, -0.2) is 0 Å². The molecule has 112 valence electrons. The molecule has 0 aliphatic rings. The maximum absolute atomic E-state index is 5.44. The maximum atomic E-state index is 5.44. The van der Waals surface area contributed by atoms with E-state index in [1.807, 2.05) is 18.2 Å². The summed E-state index contributed by atoms with van der Waals surface area (Å²) in [5.41, 5.74) is 3.66. The van der Waals surface area contributed by atoms with E-state index in [1.54, 1.807) is 14.2 Å².